The van der Waals surface area contributed by atoms with Gasteiger partial charge in [-0.25, -0.2) is 0 Å². The summed E-state index contributed by atoms with van der Waals surface area (Å²) in [7, 11) is 1.72. The maximum Gasteiger partial charge on any atom is 0.127 e. The highest BCUT2D eigenvalue weighted by atomic mass is 16.5. The lowest BCUT2D eigenvalue weighted by molar-refractivity contribution is 0.232. The number of hydrogen-bond acceptors (Lipinski definition) is 2. The smallest absolute Gasteiger partial charge is 0.127 e. The summed E-state index contributed by atoms with van der Waals surface area (Å²) in [5.41, 5.74) is 2.35. The summed E-state index contributed by atoms with van der Waals surface area (Å²) in [6, 6.07) is 4.19. The Morgan fingerprint density at radius 3 is 2.38 bits per heavy atom. The summed E-state index contributed by atoms with van der Waals surface area (Å²) in [5.74, 6) is 2.50. The summed E-state index contributed by atoms with van der Waals surface area (Å²) >= 11 is 0. The molecule has 1 aromatic rings. The number of hydrogen-bond donors (Lipinski definition) is 0. The molecule has 2 heteroatoms. The molecule has 0 amide bonds. The normalized spacial score (nSPS) is 13.3. The van der Waals surface area contributed by atoms with Crippen molar-refractivity contribution in [2.75, 3.05) is 13.7 Å². The first kappa shape index (κ1) is 20.6. The highest BCUT2D eigenvalue weighted by molar-refractivity contribution is 5.62. The van der Waals surface area contributed by atoms with Gasteiger partial charge in [0.25, 0.3) is 0 Å². The van der Waals surface area contributed by atoms with E-state index < -0.39 is 0 Å². The van der Waals surface area contributed by atoms with Crippen molar-refractivity contribution in [3.63, 3.8) is 0 Å². The van der Waals surface area contributed by atoms with Crippen molar-refractivity contribution in [3.05, 3.63) is 29.3 Å². The number of unbranched alkanes of at least 4 members (excludes halogenated alkanes) is 1. The molecule has 0 N–H and O–H groups in total. The van der Waals surface area contributed by atoms with Crippen molar-refractivity contribution in [2.24, 2.45) is 11.3 Å². The lowest BCUT2D eigenvalue weighted by atomic mass is 9.95. The maximum absolute atomic E-state index is 6.23. The second-order valence-electron chi connectivity index (χ2n) is 7.79. The van der Waals surface area contributed by atoms with E-state index in [0.717, 1.165) is 29.2 Å². The van der Waals surface area contributed by atoms with Crippen molar-refractivity contribution in [2.45, 2.75) is 67.2 Å². The molecule has 1 aromatic carbocycles. The Balaban J connectivity index is 2.98. The highest BCUT2D eigenvalue weighted by Crippen LogP contribution is 2.31. The van der Waals surface area contributed by atoms with Crippen LogP contribution in [0.5, 0.6) is 11.5 Å². The number of methoxy groups -OCH3 is 1. The molecule has 0 aliphatic heterocycles. The van der Waals surface area contributed by atoms with Gasteiger partial charge >= 0.3 is 0 Å². The van der Waals surface area contributed by atoms with E-state index in [4.69, 9.17) is 9.47 Å². The van der Waals surface area contributed by atoms with Gasteiger partial charge in [-0.2, -0.15) is 0 Å². The van der Waals surface area contributed by atoms with Gasteiger partial charge in [0.05, 0.1) is 13.7 Å². The van der Waals surface area contributed by atoms with Crippen LogP contribution in [0, 0.1) is 18.3 Å². The standard InChI is InChI=1S/C22H36O2/c1-8-10-11-18(9-2)16-24-21-14-17(3)20(23-7)15-19(21)12-13-22(4,5)6/h12-15,18H,8-11,16H2,1-7H3/b13-12+. The van der Waals surface area contributed by atoms with Crippen LogP contribution in [-0.2, 0) is 0 Å². The van der Waals surface area contributed by atoms with Gasteiger partial charge in [-0.05, 0) is 42.4 Å². The van der Waals surface area contributed by atoms with Gasteiger partial charge in [0, 0.05) is 5.56 Å². The molecule has 0 aliphatic rings. The van der Waals surface area contributed by atoms with Crippen molar-refractivity contribution in [1.29, 1.82) is 0 Å². The molecule has 0 aromatic heterocycles. The van der Waals surface area contributed by atoms with E-state index in [2.05, 4.69) is 65.8 Å². The second kappa shape index (κ2) is 9.76. The Morgan fingerprint density at radius 2 is 1.83 bits per heavy atom. The molecular formula is C22H36O2. The van der Waals surface area contributed by atoms with E-state index in [1.54, 1.807) is 7.11 Å². The van der Waals surface area contributed by atoms with Crippen LogP contribution in [0.1, 0.15) is 71.4 Å². The van der Waals surface area contributed by atoms with Gasteiger partial charge in [0.2, 0.25) is 0 Å². The predicted molar refractivity (Wildman–Crippen MR) is 105 cm³/mol. The first-order chi connectivity index (χ1) is 11.3. The van der Waals surface area contributed by atoms with Crippen molar-refractivity contribution >= 4 is 6.08 Å². The Bertz CT molecular complexity index is 524. The average molecular weight is 333 g/mol. The van der Waals surface area contributed by atoms with Gasteiger partial charge in [0.1, 0.15) is 11.5 Å². The zero-order valence-corrected chi connectivity index (χ0v) is 16.7. The quantitative estimate of drug-likeness (QED) is 0.503. The van der Waals surface area contributed by atoms with Crippen LogP contribution in [-0.4, -0.2) is 13.7 Å². The molecule has 0 heterocycles. The van der Waals surface area contributed by atoms with E-state index in [0.29, 0.717) is 5.92 Å². The largest absolute Gasteiger partial charge is 0.496 e. The van der Waals surface area contributed by atoms with E-state index in [1.165, 1.54) is 25.7 Å². The minimum Gasteiger partial charge on any atom is -0.496 e. The van der Waals surface area contributed by atoms with Crippen molar-refractivity contribution in [3.8, 4) is 11.5 Å². The number of ether oxygens (including phenoxy) is 2. The third-order valence-electron chi connectivity index (χ3n) is 4.31. The fourth-order valence-electron chi connectivity index (χ4n) is 2.60. The number of rotatable bonds is 9. The molecule has 136 valence electrons. The molecule has 1 unspecified atom stereocenters. The third kappa shape index (κ3) is 6.98. The summed E-state index contributed by atoms with van der Waals surface area (Å²) in [5, 5.41) is 0. The minimum atomic E-state index is 0.141. The van der Waals surface area contributed by atoms with Crippen LogP contribution >= 0.6 is 0 Å². The molecule has 0 saturated heterocycles. The Kier molecular flexibility index (Phi) is 8.38. The van der Waals surface area contributed by atoms with Crippen LogP contribution in [0.15, 0.2) is 18.2 Å². The van der Waals surface area contributed by atoms with Crippen LogP contribution in [0.4, 0.5) is 0 Å². The Morgan fingerprint density at radius 1 is 1.12 bits per heavy atom. The maximum atomic E-state index is 6.23. The van der Waals surface area contributed by atoms with Gasteiger partial charge in [-0.1, -0.05) is 66.0 Å². The van der Waals surface area contributed by atoms with Gasteiger partial charge < -0.3 is 9.47 Å². The molecule has 1 atom stereocenters. The lowest BCUT2D eigenvalue weighted by Crippen LogP contribution is -2.12. The van der Waals surface area contributed by atoms with Crippen molar-refractivity contribution in [1.82, 2.24) is 0 Å². The molecule has 0 spiro atoms. The Hall–Kier alpha value is -1.44. The van der Waals surface area contributed by atoms with E-state index in [-0.39, 0.29) is 5.41 Å². The van der Waals surface area contributed by atoms with Gasteiger partial charge in [-0.3, -0.25) is 0 Å². The number of aryl methyl sites for hydroxylation is 1. The first-order valence-corrected chi connectivity index (χ1v) is 9.31. The average Bonchev–Trinajstić information content (AvgIpc) is 2.53. The molecule has 0 bridgehead atoms. The van der Waals surface area contributed by atoms with Crippen LogP contribution in [0.3, 0.4) is 0 Å². The highest BCUT2D eigenvalue weighted by Gasteiger charge is 2.12. The van der Waals surface area contributed by atoms with Crippen LogP contribution in [0.25, 0.3) is 6.08 Å². The summed E-state index contributed by atoms with van der Waals surface area (Å²) < 4.78 is 11.7. The molecule has 2 nitrogen and oxygen atoms in total. The summed E-state index contributed by atoms with van der Waals surface area (Å²) in [4.78, 5) is 0. The van der Waals surface area contributed by atoms with E-state index >= 15 is 0 Å². The molecule has 0 radical (unpaired) electrons. The molecule has 0 fully saturated rings. The predicted octanol–water partition coefficient (Wildman–Crippen LogP) is 6.66. The second-order valence-corrected chi connectivity index (χ2v) is 7.79. The third-order valence-corrected chi connectivity index (χ3v) is 4.31. The van der Waals surface area contributed by atoms with E-state index in [1.807, 2.05) is 0 Å². The van der Waals surface area contributed by atoms with Gasteiger partial charge in [0.15, 0.2) is 0 Å². The summed E-state index contributed by atoms with van der Waals surface area (Å²) in [6.45, 7) is 14.0. The SMILES string of the molecule is CCCCC(CC)COc1cc(C)c(OC)cc1/C=C/C(C)(C)C. The Labute approximate surface area is 149 Å². The lowest BCUT2D eigenvalue weighted by Gasteiger charge is -2.19. The fraction of sp³-hybridized carbons (Fsp3) is 0.636. The monoisotopic (exact) mass is 332 g/mol. The molecule has 0 saturated carbocycles. The first-order valence-electron chi connectivity index (χ1n) is 9.31. The molecule has 24 heavy (non-hydrogen) atoms. The van der Waals surface area contributed by atoms with E-state index in [9.17, 15) is 0 Å². The van der Waals surface area contributed by atoms with Crippen molar-refractivity contribution < 1.29 is 9.47 Å². The number of benzene rings is 1. The van der Waals surface area contributed by atoms with Crippen LogP contribution in [0.2, 0.25) is 0 Å². The zero-order chi connectivity index (χ0) is 18.2. The van der Waals surface area contributed by atoms with Gasteiger partial charge in [-0.15, -0.1) is 0 Å². The zero-order valence-electron chi connectivity index (χ0n) is 16.7. The minimum absolute atomic E-state index is 0.141. The van der Waals surface area contributed by atoms with Crippen LogP contribution < -0.4 is 9.47 Å². The summed E-state index contributed by atoms with van der Waals surface area (Å²) in [6.07, 6.45) is 9.32. The topological polar surface area (TPSA) is 18.5 Å². The fourth-order valence-corrected chi connectivity index (χ4v) is 2.60. The number of allylic oxidation sites excluding steroid dienone is 1. The molecule has 1 rings (SSSR count). The molecular weight excluding hydrogens is 296 g/mol. The molecule has 0 aliphatic carbocycles.